The lowest BCUT2D eigenvalue weighted by Crippen LogP contribution is -2.47. The van der Waals surface area contributed by atoms with Crippen LogP contribution in [0.5, 0.6) is 0 Å². The van der Waals surface area contributed by atoms with Gasteiger partial charge < -0.3 is 14.8 Å². The van der Waals surface area contributed by atoms with E-state index >= 15 is 0 Å². The smallest absolute Gasteiger partial charge is 0.408 e. The van der Waals surface area contributed by atoms with E-state index in [-0.39, 0.29) is 0 Å². The van der Waals surface area contributed by atoms with Crippen molar-refractivity contribution in [3.05, 3.63) is 0 Å². The minimum absolute atomic E-state index is 0.418. The number of carbonyl (C=O) groups is 2. The topological polar surface area (TPSA) is 108 Å². The van der Waals surface area contributed by atoms with E-state index in [1.165, 1.54) is 0 Å². The predicted molar refractivity (Wildman–Crippen MR) is 75.2 cm³/mol. The van der Waals surface area contributed by atoms with E-state index in [0.29, 0.717) is 0 Å². The van der Waals surface area contributed by atoms with Crippen molar-refractivity contribution in [1.82, 2.24) is 5.32 Å². The lowest BCUT2D eigenvalue weighted by atomic mass is 10.2. The number of hydrogen-bond donors (Lipinski definition) is 1. The Bertz CT molecular complexity index is 464. The SMILES string of the molecule is CC(C)OC(=O)[C@H](COS(C)(=O)=O)NC(=O)OC(C)(C)C. The average molecular weight is 325 g/mol. The molecule has 0 heterocycles. The fourth-order valence-electron chi connectivity index (χ4n) is 1.12. The highest BCUT2D eigenvalue weighted by Crippen LogP contribution is 2.07. The Labute approximate surface area is 125 Å². The Morgan fingerprint density at radius 3 is 2.10 bits per heavy atom. The predicted octanol–water partition coefficient (Wildman–Crippen LogP) is 0.808. The molecule has 9 heteroatoms. The molecule has 0 spiro atoms. The lowest BCUT2D eigenvalue weighted by Gasteiger charge is -2.23. The number of carbonyl (C=O) groups excluding carboxylic acids is 2. The first-order chi connectivity index (χ1) is 9.30. The van der Waals surface area contributed by atoms with Crippen LogP contribution in [0.4, 0.5) is 4.79 Å². The molecule has 21 heavy (non-hydrogen) atoms. The Hall–Kier alpha value is -1.35. The van der Waals surface area contributed by atoms with Crippen LogP contribution in [-0.2, 0) is 28.6 Å². The van der Waals surface area contributed by atoms with Gasteiger partial charge in [-0.25, -0.2) is 9.59 Å². The summed E-state index contributed by atoms with van der Waals surface area (Å²) in [5, 5.41) is 2.23. The third-order valence-electron chi connectivity index (χ3n) is 1.78. The number of hydrogen-bond acceptors (Lipinski definition) is 7. The first-order valence-electron chi connectivity index (χ1n) is 6.34. The van der Waals surface area contributed by atoms with Crippen molar-refractivity contribution in [2.24, 2.45) is 0 Å². The molecular formula is C12H23NO7S. The van der Waals surface area contributed by atoms with Crippen LogP contribution in [0.25, 0.3) is 0 Å². The summed E-state index contributed by atoms with van der Waals surface area (Å²) >= 11 is 0. The summed E-state index contributed by atoms with van der Waals surface area (Å²) < 4.78 is 36.4. The summed E-state index contributed by atoms with van der Waals surface area (Å²) in [5.41, 5.74) is -0.756. The van der Waals surface area contributed by atoms with Crippen LogP contribution in [0.15, 0.2) is 0 Å². The standard InChI is InChI=1S/C12H23NO7S/c1-8(2)19-10(14)9(7-18-21(6,16)17)13-11(15)20-12(3,4)5/h8-9H,7H2,1-6H3,(H,13,15)/t9-/m0/s1. The molecule has 0 radical (unpaired) electrons. The Morgan fingerprint density at radius 2 is 1.71 bits per heavy atom. The molecular weight excluding hydrogens is 302 g/mol. The molecule has 0 aromatic heterocycles. The Balaban J connectivity index is 4.79. The molecule has 1 amide bonds. The molecule has 0 aliphatic carbocycles. The number of alkyl carbamates (subject to hydrolysis) is 1. The molecule has 0 bridgehead atoms. The van der Waals surface area contributed by atoms with E-state index in [2.05, 4.69) is 9.50 Å². The molecule has 1 N–H and O–H groups in total. The maximum atomic E-state index is 11.8. The van der Waals surface area contributed by atoms with Crippen LogP contribution in [0.3, 0.4) is 0 Å². The van der Waals surface area contributed by atoms with Crippen molar-refractivity contribution >= 4 is 22.2 Å². The van der Waals surface area contributed by atoms with E-state index in [9.17, 15) is 18.0 Å². The van der Waals surface area contributed by atoms with E-state index in [4.69, 9.17) is 9.47 Å². The van der Waals surface area contributed by atoms with Crippen molar-refractivity contribution in [3.63, 3.8) is 0 Å². The van der Waals surface area contributed by atoms with Gasteiger partial charge in [0, 0.05) is 0 Å². The van der Waals surface area contributed by atoms with Gasteiger partial charge in [-0.15, -0.1) is 0 Å². The van der Waals surface area contributed by atoms with Crippen LogP contribution in [0.1, 0.15) is 34.6 Å². The van der Waals surface area contributed by atoms with Crippen LogP contribution in [0, 0.1) is 0 Å². The number of ether oxygens (including phenoxy) is 2. The quantitative estimate of drug-likeness (QED) is 0.568. The van der Waals surface area contributed by atoms with Crippen LogP contribution < -0.4 is 5.32 Å². The van der Waals surface area contributed by atoms with Gasteiger partial charge in [-0.2, -0.15) is 8.42 Å². The molecule has 0 aromatic rings. The second kappa shape index (κ2) is 7.60. The van der Waals surface area contributed by atoms with Crippen molar-refractivity contribution in [2.45, 2.75) is 52.4 Å². The molecule has 0 fully saturated rings. The second-order valence-electron chi connectivity index (χ2n) is 5.67. The summed E-state index contributed by atoms with van der Waals surface area (Å²) in [6.07, 6.45) is -0.449. The van der Waals surface area contributed by atoms with Gasteiger partial charge in [0.25, 0.3) is 10.1 Å². The minimum atomic E-state index is -3.75. The molecule has 0 saturated carbocycles. The normalized spacial score (nSPS) is 13.7. The third kappa shape index (κ3) is 11.0. The fourth-order valence-corrected chi connectivity index (χ4v) is 1.51. The Morgan fingerprint density at radius 1 is 1.19 bits per heavy atom. The van der Waals surface area contributed by atoms with E-state index in [1.54, 1.807) is 34.6 Å². The van der Waals surface area contributed by atoms with Crippen molar-refractivity contribution in [3.8, 4) is 0 Å². The van der Waals surface area contributed by atoms with Crippen LogP contribution >= 0.6 is 0 Å². The van der Waals surface area contributed by atoms with Gasteiger partial charge in [0.2, 0.25) is 0 Å². The summed E-state index contributed by atoms with van der Waals surface area (Å²) in [4.78, 5) is 23.4. The van der Waals surface area contributed by atoms with Gasteiger partial charge in [0.05, 0.1) is 19.0 Å². The molecule has 0 aliphatic rings. The first kappa shape index (κ1) is 19.7. The lowest BCUT2D eigenvalue weighted by molar-refractivity contribution is -0.150. The van der Waals surface area contributed by atoms with E-state index < -0.39 is 46.5 Å². The average Bonchev–Trinajstić information content (AvgIpc) is 2.18. The fraction of sp³-hybridized carbons (Fsp3) is 0.833. The minimum Gasteiger partial charge on any atom is -0.461 e. The van der Waals surface area contributed by atoms with Gasteiger partial charge in [0.1, 0.15) is 5.60 Å². The van der Waals surface area contributed by atoms with Gasteiger partial charge in [0.15, 0.2) is 6.04 Å². The van der Waals surface area contributed by atoms with Crippen molar-refractivity contribution < 1.29 is 31.7 Å². The largest absolute Gasteiger partial charge is 0.461 e. The summed E-state index contributed by atoms with van der Waals surface area (Å²) in [6, 6.07) is -1.28. The van der Waals surface area contributed by atoms with Gasteiger partial charge >= 0.3 is 12.1 Å². The number of rotatable bonds is 6. The zero-order chi connectivity index (χ0) is 16.8. The number of esters is 1. The van der Waals surface area contributed by atoms with Gasteiger partial charge in [-0.3, -0.25) is 4.18 Å². The summed E-state index contributed by atoms with van der Waals surface area (Å²) in [6.45, 7) is 7.65. The van der Waals surface area contributed by atoms with Gasteiger partial charge in [-0.05, 0) is 34.6 Å². The zero-order valence-corrected chi connectivity index (χ0v) is 13.9. The highest BCUT2D eigenvalue weighted by molar-refractivity contribution is 7.85. The zero-order valence-electron chi connectivity index (χ0n) is 13.1. The summed E-state index contributed by atoms with van der Waals surface area (Å²) in [7, 11) is -3.75. The molecule has 0 rings (SSSR count). The molecule has 0 unspecified atom stereocenters. The number of amides is 1. The first-order valence-corrected chi connectivity index (χ1v) is 8.16. The molecule has 0 aliphatic heterocycles. The van der Waals surface area contributed by atoms with Crippen LogP contribution in [-0.4, -0.2) is 51.1 Å². The highest BCUT2D eigenvalue weighted by atomic mass is 32.2. The second-order valence-corrected chi connectivity index (χ2v) is 7.32. The molecule has 1 atom stereocenters. The molecule has 124 valence electrons. The number of nitrogens with one attached hydrogen (secondary N) is 1. The van der Waals surface area contributed by atoms with Gasteiger partial charge in [-0.1, -0.05) is 0 Å². The maximum absolute atomic E-state index is 11.8. The Kier molecular flexibility index (Phi) is 7.11. The highest BCUT2D eigenvalue weighted by Gasteiger charge is 2.27. The third-order valence-corrected chi connectivity index (χ3v) is 2.34. The molecule has 0 saturated heterocycles. The van der Waals surface area contributed by atoms with E-state index in [1.807, 2.05) is 0 Å². The molecule has 8 nitrogen and oxygen atoms in total. The van der Waals surface area contributed by atoms with Crippen molar-refractivity contribution in [1.29, 1.82) is 0 Å². The van der Waals surface area contributed by atoms with Crippen LogP contribution in [0.2, 0.25) is 0 Å². The monoisotopic (exact) mass is 325 g/mol. The van der Waals surface area contributed by atoms with E-state index in [0.717, 1.165) is 6.26 Å². The van der Waals surface area contributed by atoms with Crippen molar-refractivity contribution in [2.75, 3.05) is 12.9 Å². The maximum Gasteiger partial charge on any atom is 0.408 e. The molecule has 0 aromatic carbocycles. The summed E-state index contributed by atoms with van der Waals surface area (Å²) in [5.74, 6) is -0.806.